The second kappa shape index (κ2) is 12.0. The van der Waals surface area contributed by atoms with Crippen LogP contribution in [-0.2, 0) is 6.54 Å². The smallest absolute Gasteiger partial charge is 0.269 e. The van der Waals surface area contributed by atoms with E-state index in [1.807, 2.05) is 0 Å². The van der Waals surface area contributed by atoms with Crippen molar-refractivity contribution in [1.82, 2.24) is 0 Å². The first-order valence-electron chi connectivity index (χ1n) is 6.54. The molecule has 0 bridgehead atoms. The summed E-state index contributed by atoms with van der Waals surface area (Å²) in [4.78, 5) is 9.47. The molecule has 0 spiro atoms. The number of quaternary nitrogens is 1. The van der Waals surface area contributed by atoms with Crippen molar-refractivity contribution < 1.29 is 30.9 Å². The summed E-state index contributed by atoms with van der Waals surface area (Å²) in [5.74, 6) is -0.217. The molecule has 0 saturated heterocycles. The van der Waals surface area contributed by atoms with Crippen molar-refractivity contribution in [1.29, 1.82) is 0 Å². The van der Waals surface area contributed by atoms with Crippen LogP contribution in [0.4, 0.5) is 5.69 Å². The maximum absolute atomic E-state index is 10.4. The third-order valence-corrected chi connectivity index (χ3v) is 2.55. The number of hydrogen-bond acceptors (Lipinski definition) is 3. The predicted octanol–water partition coefficient (Wildman–Crippen LogP) is 0.0871. The van der Waals surface area contributed by atoms with E-state index < -0.39 is 4.92 Å². The summed E-state index contributed by atoms with van der Waals surface area (Å²) < 4.78 is 0.990. The Morgan fingerprint density at radius 2 is 1.33 bits per heavy atom. The third-order valence-electron chi connectivity index (χ3n) is 2.55. The fourth-order valence-electron chi connectivity index (χ4n) is 1.70. The lowest BCUT2D eigenvalue weighted by Crippen LogP contribution is -2.33. The Morgan fingerprint density at radius 1 is 0.875 bits per heavy atom. The van der Waals surface area contributed by atoms with E-state index in [-0.39, 0.29) is 27.9 Å². The molecule has 2 aromatic carbocycles. The van der Waals surface area contributed by atoms with Crippen molar-refractivity contribution in [3.05, 3.63) is 70.3 Å². The Bertz CT molecular complexity index is 567. The van der Waals surface area contributed by atoms with Gasteiger partial charge in [-0.3, -0.25) is 10.1 Å². The maximum atomic E-state index is 10.4. The molecule has 0 aromatic heterocycles. The molecule has 0 radical (unpaired) electrons. The molecular formula is C16H26N2O6. The quantitative estimate of drug-likeness (QED) is 0.439. The molecule has 0 aliphatic rings. The van der Waals surface area contributed by atoms with E-state index in [1.165, 1.54) is 17.7 Å². The minimum atomic E-state index is -0.542. The van der Waals surface area contributed by atoms with Crippen molar-refractivity contribution in [2.75, 3.05) is 21.1 Å². The van der Waals surface area contributed by atoms with Crippen molar-refractivity contribution in [2.45, 2.75) is 6.54 Å². The van der Waals surface area contributed by atoms with E-state index in [1.54, 1.807) is 0 Å². The topological polar surface area (TPSA) is 161 Å². The zero-order chi connectivity index (χ0) is 15.9. The largest absolute Gasteiger partial charge is 0.872 e. The minimum absolute atomic E-state index is 0. The number of nitrogens with zero attached hydrogens (tertiary/aromatic N) is 2. The van der Waals surface area contributed by atoms with Gasteiger partial charge in [-0.1, -0.05) is 42.5 Å². The third kappa shape index (κ3) is 11.1. The van der Waals surface area contributed by atoms with E-state index >= 15 is 0 Å². The van der Waals surface area contributed by atoms with E-state index in [0.29, 0.717) is 0 Å². The number of nitro benzene ring substituents is 1. The minimum Gasteiger partial charge on any atom is -0.872 e. The van der Waals surface area contributed by atoms with Gasteiger partial charge in [-0.05, 0) is 0 Å². The van der Waals surface area contributed by atoms with Crippen molar-refractivity contribution in [2.24, 2.45) is 0 Å². The molecule has 0 amide bonds. The number of nitro groups is 1. The average molecular weight is 342 g/mol. The monoisotopic (exact) mass is 342 g/mol. The molecule has 8 heteroatoms. The fourth-order valence-corrected chi connectivity index (χ4v) is 1.70. The van der Waals surface area contributed by atoms with Gasteiger partial charge in [0.1, 0.15) is 6.54 Å². The summed E-state index contributed by atoms with van der Waals surface area (Å²) >= 11 is 0. The number of benzene rings is 2. The van der Waals surface area contributed by atoms with E-state index in [2.05, 4.69) is 51.5 Å². The maximum Gasteiger partial charge on any atom is 0.269 e. The second-order valence-corrected chi connectivity index (χ2v) is 5.69. The molecule has 24 heavy (non-hydrogen) atoms. The normalized spacial score (nSPS) is 9.12. The highest BCUT2D eigenvalue weighted by molar-refractivity contribution is 5.34. The lowest BCUT2D eigenvalue weighted by molar-refractivity contribution is -0.884. The standard InChI is InChI=1S/C10H16N.C6H5NO3.3H2O/c1-11(2,3)9-10-7-5-4-6-8-10;8-6-3-1-5(2-4-6)7(9)10;;;/h4-8H,9H2,1-3H3;1-4,8H;3*1H2/q+1;;;;/p-1. The summed E-state index contributed by atoms with van der Waals surface area (Å²) in [6, 6.07) is 15.3. The highest BCUT2D eigenvalue weighted by Gasteiger charge is 2.06. The number of hydrogen-bond donors (Lipinski definition) is 0. The zero-order valence-corrected chi connectivity index (χ0v) is 14.0. The lowest BCUT2D eigenvalue weighted by atomic mass is 10.2. The summed E-state index contributed by atoms with van der Waals surface area (Å²) in [5.41, 5.74) is 1.35. The van der Waals surface area contributed by atoms with Crippen LogP contribution in [0.2, 0.25) is 0 Å². The molecule has 0 fully saturated rings. The van der Waals surface area contributed by atoms with Crippen molar-refractivity contribution in [3.8, 4) is 5.75 Å². The van der Waals surface area contributed by atoms with E-state index in [0.717, 1.165) is 23.2 Å². The molecule has 0 aliphatic carbocycles. The molecule has 2 rings (SSSR count). The van der Waals surface area contributed by atoms with Gasteiger partial charge < -0.3 is 26.0 Å². The molecule has 6 N–H and O–H groups in total. The molecule has 0 atom stereocenters. The summed E-state index contributed by atoms with van der Waals surface area (Å²) in [7, 11) is 6.60. The van der Waals surface area contributed by atoms with Crippen LogP contribution >= 0.6 is 0 Å². The van der Waals surface area contributed by atoms with Crippen LogP contribution in [0, 0.1) is 10.1 Å². The fraction of sp³-hybridized carbons (Fsp3) is 0.250. The predicted molar refractivity (Wildman–Crippen MR) is 91.6 cm³/mol. The Morgan fingerprint density at radius 3 is 1.71 bits per heavy atom. The first-order chi connectivity index (χ1) is 9.78. The van der Waals surface area contributed by atoms with Gasteiger partial charge in [0.05, 0.1) is 26.1 Å². The average Bonchev–Trinajstić information content (AvgIpc) is 2.39. The summed E-state index contributed by atoms with van der Waals surface area (Å²) in [6.45, 7) is 1.10. The van der Waals surface area contributed by atoms with Crippen molar-refractivity contribution in [3.63, 3.8) is 0 Å². The van der Waals surface area contributed by atoms with Gasteiger partial charge in [-0.15, -0.1) is 5.75 Å². The molecule has 0 heterocycles. The number of non-ortho nitro benzene ring substituents is 1. The van der Waals surface area contributed by atoms with Gasteiger partial charge in [-0.25, -0.2) is 0 Å². The first kappa shape index (κ1) is 26.4. The second-order valence-electron chi connectivity index (χ2n) is 5.69. The number of rotatable bonds is 3. The molecule has 0 unspecified atom stereocenters. The van der Waals surface area contributed by atoms with Crippen LogP contribution in [-0.4, -0.2) is 47.0 Å². The highest BCUT2D eigenvalue weighted by Crippen LogP contribution is 2.13. The SMILES string of the molecule is C[N+](C)(C)Cc1ccccc1.O.O.O.O=[N+]([O-])c1ccc([O-])cc1. The van der Waals surface area contributed by atoms with Gasteiger partial charge >= 0.3 is 0 Å². The van der Waals surface area contributed by atoms with Crippen LogP contribution < -0.4 is 5.11 Å². The Hall–Kier alpha value is -2.52. The molecular weight excluding hydrogens is 316 g/mol. The van der Waals surface area contributed by atoms with Crippen LogP contribution in [0.25, 0.3) is 0 Å². The van der Waals surface area contributed by atoms with Crippen molar-refractivity contribution >= 4 is 5.69 Å². The Labute approximate surface area is 141 Å². The Kier molecular flexibility index (Phi) is 13.2. The van der Waals surface area contributed by atoms with Crippen LogP contribution in [0.15, 0.2) is 54.6 Å². The van der Waals surface area contributed by atoms with Crippen LogP contribution in [0.1, 0.15) is 5.56 Å². The lowest BCUT2D eigenvalue weighted by Gasteiger charge is -2.23. The summed E-state index contributed by atoms with van der Waals surface area (Å²) in [6.07, 6.45) is 0. The van der Waals surface area contributed by atoms with Crippen LogP contribution in [0.5, 0.6) is 5.75 Å². The van der Waals surface area contributed by atoms with Gasteiger partial charge in [0.25, 0.3) is 5.69 Å². The van der Waals surface area contributed by atoms with Gasteiger partial charge in [0.15, 0.2) is 0 Å². The first-order valence-corrected chi connectivity index (χ1v) is 6.54. The van der Waals surface area contributed by atoms with Gasteiger partial charge in [-0.2, -0.15) is 0 Å². The van der Waals surface area contributed by atoms with Gasteiger partial charge in [0, 0.05) is 17.7 Å². The molecule has 136 valence electrons. The van der Waals surface area contributed by atoms with Crippen LogP contribution in [0.3, 0.4) is 0 Å². The summed E-state index contributed by atoms with van der Waals surface area (Å²) in [5, 5.41) is 20.4. The molecule has 0 aliphatic heterocycles. The Balaban J connectivity index is -0.000000328. The molecule has 2 aromatic rings. The highest BCUT2D eigenvalue weighted by atomic mass is 16.6. The zero-order valence-electron chi connectivity index (χ0n) is 14.0. The molecule has 0 saturated carbocycles. The van der Waals surface area contributed by atoms with Gasteiger partial charge in [0.2, 0.25) is 0 Å². The van der Waals surface area contributed by atoms with E-state index in [9.17, 15) is 15.2 Å². The van der Waals surface area contributed by atoms with E-state index in [4.69, 9.17) is 0 Å². The molecule has 8 nitrogen and oxygen atoms in total.